The van der Waals surface area contributed by atoms with Crippen LogP contribution in [0, 0.1) is 6.92 Å². The van der Waals surface area contributed by atoms with E-state index in [-0.39, 0.29) is 24.2 Å². The third-order valence-corrected chi connectivity index (χ3v) is 3.75. The monoisotopic (exact) mass is 325 g/mol. The summed E-state index contributed by atoms with van der Waals surface area (Å²) in [5.41, 5.74) is 7.43. The van der Waals surface area contributed by atoms with Crippen LogP contribution in [0.3, 0.4) is 0 Å². The second-order valence-corrected chi connectivity index (χ2v) is 5.63. The van der Waals surface area contributed by atoms with Gasteiger partial charge in [0.25, 0.3) is 5.91 Å². The van der Waals surface area contributed by atoms with Gasteiger partial charge in [-0.15, -0.1) is 12.4 Å². The molecule has 5 nitrogen and oxygen atoms in total. The smallest absolute Gasteiger partial charge is 0.253 e. The van der Waals surface area contributed by atoms with Crippen molar-refractivity contribution in [1.29, 1.82) is 0 Å². The van der Waals surface area contributed by atoms with Crippen molar-refractivity contribution in [1.82, 2.24) is 9.80 Å². The van der Waals surface area contributed by atoms with Gasteiger partial charge in [0.15, 0.2) is 0 Å². The Kier molecular flexibility index (Phi) is 6.84. The summed E-state index contributed by atoms with van der Waals surface area (Å²) in [6.45, 7) is 6.13. The molecule has 6 heteroatoms. The lowest BCUT2D eigenvalue weighted by Gasteiger charge is -2.23. The van der Waals surface area contributed by atoms with Gasteiger partial charge in [0, 0.05) is 31.7 Å². The maximum absolute atomic E-state index is 12.5. The molecule has 2 N–H and O–H groups in total. The first-order valence-corrected chi connectivity index (χ1v) is 7.39. The van der Waals surface area contributed by atoms with Gasteiger partial charge in [0.2, 0.25) is 5.91 Å². The highest BCUT2D eigenvalue weighted by Gasteiger charge is 2.24. The molecular formula is C16H24ClN3O2. The van der Waals surface area contributed by atoms with Crippen molar-refractivity contribution in [2.75, 3.05) is 26.2 Å². The molecule has 0 unspecified atom stereocenters. The zero-order chi connectivity index (χ0) is 15.4. The van der Waals surface area contributed by atoms with Gasteiger partial charge in [0.05, 0.1) is 6.04 Å². The average Bonchev–Trinajstić information content (AvgIpc) is 2.71. The number of hydrogen-bond donors (Lipinski definition) is 1. The first-order chi connectivity index (χ1) is 9.99. The largest absolute Gasteiger partial charge is 0.340 e. The minimum atomic E-state index is -0.482. The molecule has 1 aromatic carbocycles. The molecule has 1 aliphatic rings. The van der Waals surface area contributed by atoms with Crippen LogP contribution in [0.15, 0.2) is 24.3 Å². The molecule has 0 saturated carbocycles. The Morgan fingerprint density at radius 2 is 1.77 bits per heavy atom. The number of rotatable bonds is 2. The fourth-order valence-corrected chi connectivity index (χ4v) is 2.59. The summed E-state index contributed by atoms with van der Waals surface area (Å²) in [5, 5.41) is 0. The van der Waals surface area contributed by atoms with Gasteiger partial charge in [0.1, 0.15) is 0 Å². The first-order valence-electron chi connectivity index (χ1n) is 7.39. The fraction of sp³-hybridized carbons (Fsp3) is 0.500. The minimum absolute atomic E-state index is 0. The molecule has 0 aromatic heterocycles. The van der Waals surface area contributed by atoms with Crippen LogP contribution in [-0.4, -0.2) is 53.8 Å². The summed E-state index contributed by atoms with van der Waals surface area (Å²) < 4.78 is 0. The normalized spacial score (nSPS) is 16.5. The molecule has 0 aliphatic carbocycles. The number of aryl methyl sites for hydroxylation is 1. The van der Waals surface area contributed by atoms with E-state index in [4.69, 9.17) is 5.73 Å². The maximum Gasteiger partial charge on any atom is 0.253 e. The molecular weight excluding hydrogens is 302 g/mol. The van der Waals surface area contributed by atoms with E-state index in [2.05, 4.69) is 0 Å². The quantitative estimate of drug-likeness (QED) is 0.894. The Hall–Kier alpha value is -1.59. The molecule has 0 bridgehead atoms. The number of nitrogens with zero attached hydrogens (tertiary/aromatic N) is 2. The van der Waals surface area contributed by atoms with E-state index >= 15 is 0 Å². The zero-order valence-corrected chi connectivity index (χ0v) is 13.9. The van der Waals surface area contributed by atoms with Gasteiger partial charge in [-0.05, 0) is 32.4 Å². The molecule has 22 heavy (non-hydrogen) atoms. The van der Waals surface area contributed by atoms with Gasteiger partial charge < -0.3 is 15.5 Å². The summed E-state index contributed by atoms with van der Waals surface area (Å²) >= 11 is 0. The van der Waals surface area contributed by atoms with E-state index in [1.54, 1.807) is 11.8 Å². The predicted octanol–water partition coefficient (Wildman–Crippen LogP) is 1.44. The van der Waals surface area contributed by atoms with Crippen LogP contribution in [0.2, 0.25) is 0 Å². The van der Waals surface area contributed by atoms with Crippen LogP contribution in [0.25, 0.3) is 0 Å². The molecule has 0 radical (unpaired) electrons. The topological polar surface area (TPSA) is 66.6 Å². The summed E-state index contributed by atoms with van der Waals surface area (Å²) in [7, 11) is 0. The van der Waals surface area contributed by atoms with Gasteiger partial charge >= 0.3 is 0 Å². The van der Waals surface area contributed by atoms with Crippen molar-refractivity contribution in [2.45, 2.75) is 26.3 Å². The van der Waals surface area contributed by atoms with Crippen molar-refractivity contribution >= 4 is 24.2 Å². The number of carbonyl (C=O) groups excluding carboxylic acids is 2. The van der Waals surface area contributed by atoms with Crippen LogP contribution >= 0.6 is 12.4 Å². The van der Waals surface area contributed by atoms with E-state index in [0.717, 1.165) is 12.0 Å². The van der Waals surface area contributed by atoms with Gasteiger partial charge in [-0.1, -0.05) is 17.7 Å². The molecule has 1 saturated heterocycles. The van der Waals surface area contributed by atoms with Gasteiger partial charge in [-0.2, -0.15) is 0 Å². The van der Waals surface area contributed by atoms with E-state index in [1.165, 1.54) is 0 Å². The molecule has 0 spiro atoms. The van der Waals surface area contributed by atoms with Crippen molar-refractivity contribution in [3.8, 4) is 0 Å². The SMILES string of the molecule is Cc1cccc(C(=O)N2CCCN(C(=O)[C@H](C)N)CC2)c1.Cl. The zero-order valence-electron chi connectivity index (χ0n) is 13.1. The van der Waals surface area contributed by atoms with Crippen molar-refractivity contribution in [2.24, 2.45) is 5.73 Å². The molecule has 1 aliphatic heterocycles. The minimum Gasteiger partial charge on any atom is -0.340 e. The standard InChI is InChI=1S/C16H23N3O2.ClH/c1-12-5-3-6-14(11-12)16(21)19-8-4-7-18(9-10-19)15(20)13(2)17;/h3,5-6,11,13H,4,7-10,17H2,1-2H3;1H/t13-;/m0./s1. The summed E-state index contributed by atoms with van der Waals surface area (Å²) in [4.78, 5) is 28.0. The third-order valence-electron chi connectivity index (χ3n) is 3.75. The molecule has 1 aromatic rings. The highest BCUT2D eigenvalue weighted by atomic mass is 35.5. The molecule has 2 rings (SSSR count). The van der Waals surface area contributed by atoms with Crippen LogP contribution in [0.1, 0.15) is 29.3 Å². The number of hydrogen-bond acceptors (Lipinski definition) is 3. The maximum atomic E-state index is 12.5. The van der Waals surface area contributed by atoms with E-state index < -0.39 is 6.04 Å². The number of halogens is 1. The Balaban J connectivity index is 0.00000242. The number of benzene rings is 1. The number of carbonyl (C=O) groups is 2. The lowest BCUT2D eigenvalue weighted by Crippen LogP contribution is -2.44. The lowest BCUT2D eigenvalue weighted by atomic mass is 10.1. The lowest BCUT2D eigenvalue weighted by molar-refractivity contribution is -0.132. The Morgan fingerprint density at radius 3 is 2.41 bits per heavy atom. The van der Waals surface area contributed by atoms with Crippen LogP contribution < -0.4 is 5.73 Å². The van der Waals surface area contributed by atoms with Crippen molar-refractivity contribution < 1.29 is 9.59 Å². The Morgan fingerprint density at radius 1 is 1.14 bits per heavy atom. The number of nitrogens with two attached hydrogens (primary N) is 1. The Labute approximate surface area is 137 Å². The van der Waals surface area contributed by atoms with Crippen molar-refractivity contribution in [3.63, 3.8) is 0 Å². The highest BCUT2D eigenvalue weighted by molar-refractivity contribution is 5.94. The second kappa shape index (κ2) is 8.15. The molecule has 1 heterocycles. The fourth-order valence-electron chi connectivity index (χ4n) is 2.59. The average molecular weight is 326 g/mol. The summed E-state index contributed by atoms with van der Waals surface area (Å²) in [6, 6.07) is 7.13. The predicted molar refractivity (Wildman–Crippen MR) is 89.2 cm³/mol. The van der Waals surface area contributed by atoms with Crippen LogP contribution in [0.5, 0.6) is 0 Å². The van der Waals surface area contributed by atoms with E-state index in [9.17, 15) is 9.59 Å². The summed E-state index contributed by atoms with van der Waals surface area (Å²) in [5.74, 6) is -0.00588. The molecule has 1 fully saturated rings. The van der Waals surface area contributed by atoms with Crippen LogP contribution in [0.4, 0.5) is 0 Å². The Bertz CT molecular complexity index is 534. The van der Waals surface area contributed by atoms with E-state index in [0.29, 0.717) is 31.7 Å². The molecule has 122 valence electrons. The third kappa shape index (κ3) is 4.45. The molecule has 2 amide bonds. The van der Waals surface area contributed by atoms with Gasteiger partial charge in [-0.25, -0.2) is 0 Å². The van der Waals surface area contributed by atoms with E-state index in [1.807, 2.05) is 36.1 Å². The van der Waals surface area contributed by atoms with Crippen LogP contribution in [-0.2, 0) is 4.79 Å². The number of amides is 2. The first kappa shape index (κ1) is 18.5. The molecule has 1 atom stereocenters. The second-order valence-electron chi connectivity index (χ2n) is 5.63. The van der Waals surface area contributed by atoms with Crippen molar-refractivity contribution in [3.05, 3.63) is 35.4 Å². The van der Waals surface area contributed by atoms with Gasteiger partial charge in [-0.3, -0.25) is 9.59 Å². The summed E-state index contributed by atoms with van der Waals surface area (Å²) in [6.07, 6.45) is 0.788. The highest BCUT2D eigenvalue weighted by Crippen LogP contribution is 2.11.